The van der Waals surface area contributed by atoms with Crippen LogP contribution in [0.5, 0.6) is 0 Å². The first-order valence-electron chi connectivity index (χ1n) is 8.62. The van der Waals surface area contributed by atoms with E-state index >= 15 is 0 Å². The van der Waals surface area contributed by atoms with Gasteiger partial charge in [-0.3, -0.25) is 4.79 Å². The number of para-hydroxylation sites is 1. The smallest absolute Gasteiger partial charge is 0.221 e. The number of nitrogens with two attached hydrogens (primary N) is 1. The minimum Gasteiger partial charge on any atom is -0.396 e. The molecule has 3 rings (SSSR count). The van der Waals surface area contributed by atoms with Crippen molar-refractivity contribution in [1.29, 1.82) is 0 Å². The Hall–Kier alpha value is -2.59. The van der Waals surface area contributed by atoms with Crippen molar-refractivity contribution in [2.24, 2.45) is 17.6 Å². The monoisotopic (exact) mass is 336 g/mol. The lowest BCUT2D eigenvalue weighted by Crippen LogP contribution is -2.36. The number of fused-ring (bicyclic) bond motifs is 1. The molecule has 0 aliphatic heterocycles. The van der Waals surface area contributed by atoms with Crippen LogP contribution in [0.15, 0.2) is 60.8 Å². The molecular formula is C21H24N2O2. The highest BCUT2D eigenvalue weighted by molar-refractivity contribution is 5.85. The van der Waals surface area contributed by atoms with Crippen molar-refractivity contribution in [1.82, 2.24) is 4.98 Å². The van der Waals surface area contributed by atoms with E-state index in [1.54, 1.807) is 0 Å². The quantitative estimate of drug-likeness (QED) is 0.619. The summed E-state index contributed by atoms with van der Waals surface area (Å²) in [5, 5.41) is 11.0. The van der Waals surface area contributed by atoms with Crippen molar-refractivity contribution in [3.8, 4) is 0 Å². The Morgan fingerprint density at radius 3 is 2.48 bits per heavy atom. The van der Waals surface area contributed by atoms with Gasteiger partial charge in [0.05, 0.1) is 0 Å². The molecule has 4 N–H and O–H groups in total. The van der Waals surface area contributed by atoms with Crippen molar-refractivity contribution < 1.29 is 9.90 Å². The van der Waals surface area contributed by atoms with Crippen LogP contribution in [0.3, 0.4) is 0 Å². The summed E-state index contributed by atoms with van der Waals surface area (Å²) < 4.78 is 0. The van der Waals surface area contributed by atoms with Gasteiger partial charge in [-0.2, -0.15) is 0 Å². The van der Waals surface area contributed by atoms with Crippen molar-refractivity contribution in [3.05, 3.63) is 71.9 Å². The van der Waals surface area contributed by atoms with Gasteiger partial charge in [0.2, 0.25) is 5.91 Å². The van der Waals surface area contributed by atoms with E-state index in [1.807, 2.05) is 67.7 Å². The summed E-state index contributed by atoms with van der Waals surface area (Å²) in [6.07, 6.45) is 2.57. The lowest BCUT2D eigenvalue weighted by molar-refractivity contribution is -0.124. The number of aliphatic hydroxyl groups is 1. The van der Waals surface area contributed by atoms with E-state index in [0.717, 1.165) is 22.0 Å². The molecule has 1 aromatic heterocycles. The fourth-order valence-electron chi connectivity index (χ4n) is 3.77. The third-order valence-corrected chi connectivity index (χ3v) is 5.06. The summed E-state index contributed by atoms with van der Waals surface area (Å²) in [7, 11) is 0. The van der Waals surface area contributed by atoms with Gasteiger partial charge in [0.1, 0.15) is 0 Å². The number of hydrogen-bond donors (Lipinski definition) is 3. The molecule has 0 spiro atoms. The number of amides is 1. The second-order valence-corrected chi connectivity index (χ2v) is 6.64. The Labute approximate surface area is 147 Å². The maximum Gasteiger partial charge on any atom is 0.221 e. The molecule has 130 valence electrons. The van der Waals surface area contributed by atoms with Crippen LogP contribution in [0.1, 0.15) is 24.0 Å². The highest BCUT2D eigenvalue weighted by atomic mass is 16.3. The van der Waals surface area contributed by atoms with E-state index in [-0.39, 0.29) is 24.3 Å². The van der Waals surface area contributed by atoms with Gasteiger partial charge in [-0.05, 0) is 35.4 Å². The summed E-state index contributed by atoms with van der Waals surface area (Å²) in [5.74, 6) is -1.12. The largest absolute Gasteiger partial charge is 0.396 e. The zero-order valence-corrected chi connectivity index (χ0v) is 14.4. The number of aromatic amines is 1. The van der Waals surface area contributed by atoms with Crippen molar-refractivity contribution in [2.45, 2.75) is 19.3 Å². The third-order valence-electron chi connectivity index (χ3n) is 5.06. The zero-order chi connectivity index (χ0) is 17.8. The van der Waals surface area contributed by atoms with Crippen LogP contribution in [-0.2, 0) is 11.2 Å². The van der Waals surface area contributed by atoms with Gasteiger partial charge < -0.3 is 15.8 Å². The SMILES string of the molecule is CC(c1c[nH]c2ccccc12)C(C(N)=O)C(CO)Cc1ccccc1. The Morgan fingerprint density at radius 2 is 1.80 bits per heavy atom. The van der Waals surface area contributed by atoms with E-state index < -0.39 is 5.92 Å². The molecule has 25 heavy (non-hydrogen) atoms. The first-order valence-corrected chi connectivity index (χ1v) is 8.62. The van der Waals surface area contributed by atoms with Gasteiger partial charge in [-0.15, -0.1) is 0 Å². The molecule has 3 unspecified atom stereocenters. The van der Waals surface area contributed by atoms with Crippen LogP contribution in [0.4, 0.5) is 0 Å². The molecule has 0 aliphatic rings. The molecule has 4 nitrogen and oxygen atoms in total. The minimum absolute atomic E-state index is 0.0742. The van der Waals surface area contributed by atoms with Crippen LogP contribution >= 0.6 is 0 Å². The molecule has 3 atom stereocenters. The van der Waals surface area contributed by atoms with E-state index in [0.29, 0.717) is 6.42 Å². The maximum atomic E-state index is 12.3. The summed E-state index contributed by atoms with van der Waals surface area (Å²) in [4.78, 5) is 15.5. The zero-order valence-electron chi connectivity index (χ0n) is 14.4. The molecule has 1 amide bonds. The summed E-state index contributed by atoms with van der Waals surface area (Å²) in [6, 6.07) is 17.9. The number of aliphatic hydroxyl groups excluding tert-OH is 1. The molecule has 0 saturated carbocycles. The number of H-pyrrole nitrogens is 1. The highest BCUT2D eigenvalue weighted by Crippen LogP contribution is 2.35. The predicted molar refractivity (Wildman–Crippen MR) is 100 cm³/mol. The first kappa shape index (κ1) is 17.2. The van der Waals surface area contributed by atoms with Gasteiger partial charge in [-0.1, -0.05) is 55.5 Å². The molecule has 2 aromatic carbocycles. The standard InChI is InChI=1S/C21H24N2O2/c1-14(18-12-23-19-10-6-5-9-17(18)19)20(21(22)25)16(13-24)11-15-7-3-2-4-8-15/h2-10,12,14,16,20,23-24H,11,13H2,1H3,(H2,22,25). The molecule has 0 aliphatic carbocycles. The first-order chi connectivity index (χ1) is 12.1. The number of aromatic nitrogens is 1. The number of carbonyl (C=O) groups is 1. The number of benzene rings is 2. The fourth-order valence-corrected chi connectivity index (χ4v) is 3.77. The second kappa shape index (κ2) is 7.53. The van der Waals surface area contributed by atoms with E-state index in [9.17, 15) is 9.90 Å². The highest BCUT2D eigenvalue weighted by Gasteiger charge is 2.33. The van der Waals surface area contributed by atoms with E-state index in [2.05, 4.69) is 4.98 Å². The Kier molecular flexibility index (Phi) is 5.19. The van der Waals surface area contributed by atoms with Crippen LogP contribution in [0.2, 0.25) is 0 Å². The Bertz CT molecular complexity index is 841. The van der Waals surface area contributed by atoms with Gasteiger partial charge >= 0.3 is 0 Å². The Balaban J connectivity index is 1.92. The van der Waals surface area contributed by atoms with E-state index in [4.69, 9.17) is 5.73 Å². The summed E-state index contributed by atoms with van der Waals surface area (Å²) >= 11 is 0. The number of primary amides is 1. The molecular weight excluding hydrogens is 312 g/mol. The van der Waals surface area contributed by atoms with Gasteiger partial charge in [0, 0.05) is 29.6 Å². The lowest BCUT2D eigenvalue weighted by Gasteiger charge is -2.28. The molecule has 0 fully saturated rings. The maximum absolute atomic E-state index is 12.3. The van der Waals surface area contributed by atoms with Crippen LogP contribution in [-0.4, -0.2) is 22.6 Å². The van der Waals surface area contributed by atoms with E-state index in [1.165, 1.54) is 0 Å². The predicted octanol–water partition coefficient (Wildman–Crippen LogP) is 3.22. The Morgan fingerprint density at radius 1 is 1.12 bits per heavy atom. The van der Waals surface area contributed by atoms with Crippen LogP contribution < -0.4 is 5.73 Å². The number of rotatable bonds is 7. The summed E-state index contributed by atoms with van der Waals surface area (Å²) in [5.41, 5.74) is 8.95. The fraction of sp³-hybridized carbons (Fsp3) is 0.286. The molecule has 0 saturated heterocycles. The molecule has 4 heteroatoms. The average Bonchev–Trinajstić information content (AvgIpc) is 3.05. The number of carbonyl (C=O) groups excluding carboxylic acids is 1. The van der Waals surface area contributed by atoms with Gasteiger partial charge in [0.15, 0.2) is 0 Å². The van der Waals surface area contributed by atoms with Crippen LogP contribution in [0.25, 0.3) is 10.9 Å². The summed E-state index contributed by atoms with van der Waals surface area (Å²) in [6.45, 7) is 1.94. The van der Waals surface area contributed by atoms with Crippen molar-refractivity contribution >= 4 is 16.8 Å². The van der Waals surface area contributed by atoms with Crippen molar-refractivity contribution in [2.75, 3.05) is 6.61 Å². The molecule has 0 radical (unpaired) electrons. The molecule has 1 heterocycles. The number of hydrogen-bond acceptors (Lipinski definition) is 2. The molecule has 0 bridgehead atoms. The third kappa shape index (κ3) is 3.59. The normalized spacial score (nSPS) is 15.0. The topological polar surface area (TPSA) is 79.1 Å². The van der Waals surface area contributed by atoms with Gasteiger partial charge in [0.25, 0.3) is 0 Å². The number of nitrogens with one attached hydrogen (secondary N) is 1. The van der Waals surface area contributed by atoms with Crippen molar-refractivity contribution in [3.63, 3.8) is 0 Å². The average molecular weight is 336 g/mol. The second-order valence-electron chi connectivity index (χ2n) is 6.64. The lowest BCUT2D eigenvalue weighted by atomic mass is 9.76. The van der Waals surface area contributed by atoms with Crippen LogP contribution in [0, 0.1) is 11.8 Å². The molecule has 3 aromatic rings. The minimum atomic E-state index is -0.440. The van der Waals surface area contributed by atoms with Gasteiger partial charge in [-0.25, -0.2) is 0 Å².